The molecular formula is C12H22F2N2. The van der Waals surface area contributed by atoms with E-state index in [9.17, 15) is 8.78 Å². The van der Waals surface area contributed by atoms with Crippen LogP contribution in [0.4, 0.5) is 8.78 Å². The van der Waals surface area contributed by atoms with E-state index >= 15 is 0 Å². The molecule has 1 fully saturated rings. The number of nitrogens with two attached hydrogens (primary N) is 2. The second-order valence-electron chi connectivity index (χ2n) is 4.82. The van der Waals surface area contributed by atoms with Gasteiger partial charge in [0.2, 0.25) is 0 Å². The van der Waals surface area contributed by atoms with Crippen molar-refractivity contribution < 1.29 is 8.78 Å². The van der Waals surface area contributed by atoms with Gasteiger partial charge in [-0.05, 0) is 32.1 Å². The third-order valence-corrected chi connectivity index (χ3v) is 3.35. The molecule has 16 heavy (non-hydrogen) atoms. The SMILES string of the molecule is C/C(F)=C(\N)CC(N)CC1CCCC[C@@H]1F. The van der Waals surface area contributed by atoms with Crippen LogP contribution in [0.1, 0.15) is 45.4 Å². The van der Waals surface area contributed by atoms with E-state index in [2.05, 4.69) is 0 Å². The summed E-state index contributed by atoms with van der Waals surface area (Å²) in [5.41, 5.74) is 11.5. The minimum Gasteiger partial charge on any atom is -0.400 e. The molecule has 94 valence electrons. The van der Waals surface area contributed by atoms with Crippen LogP contribution in [0.3, 0.4) is 0 Å². The monoisotopic (exact) mass is 232 g/mol. The van der Waals surface area contributed by atoms with Gasteiger partial charge in [0.1, 0.15) is 12.0 Å². The molecule has 0 aliphatic heterocycles. The van der Waals surface area contributed by atoms with Crippen LogP contribution in [0.15, 0.2) is 11.5 Å². The summed E-state index contributed by atoms with van der Waals surface area (Å²) < 4.78 is 26.3. The van der Waals surface area contributed by atoms with Crippen molar-refractivity contribution in [3.8, 4) is 0 Å². The van der Waals surface area contributed by atoms with Crippen LogP contribution in [-0.2, 0) is 0 Å². The number of allylic oxidation sites excluding steroid dienone is 1. The van der Waals surface area contributed by atoms with E-state index in [1.807, 2.05) is 0 Å². The van der Waals surface area contributed by atoms with Crippen molar-refractivity contribution in [2.45, 2.75) is 57.7 Å². The molecule has 1 aliphatic rings. The molecule has 4 heteroatoms. The van der Waals surface area contributed by atoms with Gasteiger partial charge in [-0.2, -0.15) is 0 Å². The van der Waals surface area contributed by atoms with Gasteiger partial charge >= 0.3 is 0 Å². The van der Waals surface area contributed by atoms with Gasteiger partial charge in [0.05, 0.1) is 0 Å². The third-order valence-electron chi connectivity index (χ3n) is 3.35. The fraction of sp³-hybridized carbons (Fsp3) is 0.833. The second kappa shape index (κ2) is 6.18. The van der Waals surface area contributed by atoms with Gasteiger partial charge in [-0.3, -0.25) is 0 Å². The smallest absolute Gasteiger partial charge is 0.116 e. The first-order chi connectivity index (χ1) is 7.50. The van der Waals surface area contributed by atoms with Crippen LogP contribution in [0.25, 0.3) is 0 Å². The Morgan fingerprint density at radius 1 is 1.38 bits per heavy atom. The number of hydrogen-bond acceptors (Lipinski definition) is 2. The Balaban J connectivity index is 2.38. The maximum atomic E-state index is 13.5. The summed E-state index contributed by atoms with van der Waals surface area (Å²) in [7, 11) is 0. The molecule has 2 nitrogen and oxygen atoms in total. The summed E-state index contributed by atoms with van der Waals surface area (Å²) in [5, 5.41) is 0. The Bertz CT molecular complexity index is 249. The summed E-state index contributed by atoms with van der Waals surface area (Å²) in [6, 6.07) is -0.230. The van der Waals surface area contributed by atoms with Crippen molar-refractivity contribution in [1.82, 2.24) is 0 Å². The number of hydrogen-bond donors (Lipinski definition) is 2. The molecular weight excluding hydrogens is 210 g/mol. The van der Waals surface area contributed by atoms with E-state index in [1.165, 1.54) is 6.92 Å². The highest BCUT2D eigenvalue weighted by molar-refractivity contribution is 5.03. The molecule has 1 aliphatic carbocycles. The number of alkyl halides is 1. The zero-order chi connectivity index (χ0) is 12.1. The van der Waals surface area contributed by atoms with E-state index < -0.39 is 6.17 Å². The zero-order valence-electron chi connectivity index (χ0n) is 9.89. The van der Waals surface area contributed by atoms with E-state index in [4.69, 9.17) is 11.5 Å². The first-order valence-corrected chi connectivity index (χ1v) is 6.01. The molecule has 4 N–H and O–H groups in total. The molecule has 2 unspecified atom stereocenters. The van der Waals surface area contributed by atoms with E-state index in [0.29, 0.717) is 19.3 Å². The van der Waals surface area contributed by atoms with Crippen molar-refractivity contribution in [3.05, 3.63) is 11.5 Å². The summed E-state index contributed by atoms with van der Waals surface area (Å²) in [5.74, 6) is -0.340. The second-order valence-corrected chi connectivity index (χ2v) is 4.82. The molecule has 0 aromatic rings. The van der Waals surface area contributed by atoms with Crippen molar-refractivity contribution in [1.29, 1.82) is 0 Å². The summed E-state index contributed by atoms with van der Waals surface area (Å²) in [4.78, 5) is 0. The summed E-state index contributed by atoms with van der Waals surface area (Å²) >= 11 is 0. The van der Waals surface area contributed by atoms with E-state index in [-0.39, 0.29) is 23.5 Å². The molecule has 1 rings (SSSR count). The van der Waals surface area contributed by atoms with E-state index in [1.54, 1.807) is 0 Å². The topological polar surface area (TPSA) is 52.0 Å². The molecule has 0 spiro atoms. The van der Waals surface area contributed by atoms with E-state index in [0.717, 1.165) is 19.3 Å². The molecule has 0 aromatic carbocycles. The maximum Gasteiger partial charge on any atom is 0.116 e. The molecule has 0 saturated heterocycles. The average Bonchev–Trinajstić information content (AvgIpc) is 2.21. The van der Waals surface area contributed by atoms with Crippen LogP contribution in [0.5, 0.6) is 0 Å². The molecule has 1 saturated carbocycles. The number of halogens is 2. The Labute approximate surface area is 96.1 Å². The zero-order valence-corrected chi connectivity index (χ0v) is 9.89. The van der Waals surface area contributed by atoms with Crippen molar-refractivity contribution in [2.75, 3.05) is 0 Å². The quantitative estimate of drug-likeness (QED) is 0.783. The molecule has 0 radical (unpaired) electrons. The summed E-state index contributed by atoms with van der Waals surface area (Å²) in [6.45, 7) is 1.32. The minimum absolute atomic E-state index is 0.0384. The fourth-order valence-electron chi connectivity index (χ4n) is 2.32. The van der Waals surface area contributed by atoms with Gasteiger partial charge in [0.25, 0.3) is 0 Å². The van der Waals surface area contributed by atoms with Crippen LogP contribution in [0.2, 0.25) is 0 Å². The molecule has 3 atom stereocenters. The Morgan fingerprint density at radius 2 is 2.00 bits per heavy atom. The molecule has 0 aromatic heterocycles. The van der Waals surface area contributed by atoms with Crippen LogP contribution in [-0.4, -0.2) is 12.2 Å². The Kier molecular flexibility index (Phi) is 5.19. The highest BCUT2D eigenvalue weighted by atomic mass is 19.1. The Hall–Kier alpha value is -0.640. The fourth-order valence-corrected chi connectivity index (χ4v) is 2.32. The number of rotatable bonds is 4. The third kappa shape index (κ3) is 4.08. The molecule has 0 bridgehead atoms. The van der Waals surface area contributed by atoms with Gasteiger partial charge in [-0.15, -0.1) is 0 Å². The largest absolute Gasteiger partial charge is 0.400 e. The van der Waals surface area contributed by atoms with Gasteiger partial charge < -0.3 is 11.5 Å². The summed E-state index contributed by atoms with van der Waals surface area (Å²) in [6.07, 6.45) is 3.78. The lowest BCUT2D eigenvalue weighted by Gasteiger charge is -2.28. The highest BCUT2D eigenvalue weighted by Crippen LogP contribution is 2.30. The highest BCUT2D eigenvalue weighted by Gasteiger charge is 2.26. The van der Waals surface area contributed by atoms with Gasteiger partial charge in [0, 0.05) is 18.2 Å². The van der Waals surface area contributed by atoms with Crippen LogP contribution >= 0.6 is 0 Å². The van der Waals surface area contributed by atoms with Gasteiger partial charge in [0.15, 0.2) is 0 Å². The van der Waals surface area contributed by atoms with Gasteiger partial charge in [-0.25, -0.2) is 8.78 Å². The average molecular weight is 232 g/mol. The van der Waals surface area contributed by atoms with Crippen LogP contribution < -0.4 is 11.5 Å². The van der Waals surface area contributed by atoms with Crippen LogP contribution in [0, 0.1) is 5.92 Å². The van der Waals surface area contributed by atoms with Crippen molar-refractivity contribution in [2.24, 2.45) is 17.4 Å². The van der Waals surface area contributed by atoms with Gasteiger partial charge in [-0.1, -0.05) is 12.8 Å². The Morgan fingerprint density at radius 3 is 2.56 bits per heavy atom. The predicted octanol–water partition coefficient (Wildman–Crippen LogP) is 2.78. The normalized spacial score (nSPS) is 29.8. The molecule has 0 amide bonds. The minimum atomic E-state index is -0.739. The first-order valence-electron chi connectivity index (χ1n) is 6.01. The molecule has 0 heterocycles. The standard InChI is InChI=1S/C12H22F2N2/c1-8(13)12(16)7-10(15)6-9-4-2-3-5-11(9)14/h9-11H,2-7,15-16H2,1H3/b12-8+/t9?,10?,11-/m0/s1. The first kappa shape index (κ1) is 13.4. The van der Waals surface area contributed by atoms with Crippen molar-refractivity contribution in [3.63, 3.8) is 0 Å². The lowest BCUT2D eigenvalue weighted by Crippen LogP contribution is -2.31. The lowest BCUT2D eigenvalue weighted by molar-refractivity contribution is 0.150. The lowest BCUT2D eigenvalue weighted by atomic mass is 9.82. The predicted molar refractivity (Wildman–Crippen MR) is 62.1 cm³/mol. The van der Waals surface area contributed by atoms with Crippen molar-refractivity contribution >= 4 is 0 Å². The maximum absolute atomic E-state index is 13.5.